The minimum atomic E-state index is -0.464. The van der Waals surface area contributed by atoms with Crippen LogP contribution >= 0.6 is 0 Å². The molecule has 0 aliphatic heterocycles. The fourth-order valence-corrected chi connectivity index (χ4v) is 3.06. The van der Waals surface area contributed by atoms with Crippen molar-refractivity contribution in [3.63, 3.8) is 0 Å². The fraction of sp³-hybridized carbons (Fsp3) is 0.381. The number of ether oxygens (including phenoxy) is 1. The van der Waals surface area contributed by atoms with Gasteiger partial charge in [0.1, 0.15) is 6.42 Å². The predicted molar refractivity (Wildman–Crippen MR) is 110 cm³/mol. The van der Waals surface area contributed by atoms with Gasteiger partial charge in [-0.05, 0) is 45.4 Å². The van der Waals surface area contributed by atoms with Crippen LogP contribution in [0.1, 0.15) is 34.5 Å². The van der Waals surface area contributed by atoms with Gasteiger partial charge in [-0.1, -0.05) is 17.7 Å². The van der Waals surface area contributed by atoms with Gasteiger partial charge in [-0.3, -0.25) is 9.59 Å². The van der Waals surface area contributed by atoms with Crippen LogP contribution < -0.4 is 10.7 Å². The Bertz CT molecular complexity index is 884. The Morgan fingerprint density at radius 3 is 2.57 bits per heavy atom. The summed E-state index contributed by atoms with van der Waals surface area (Å²) in [7, 11) is 1.55. The zero-order valence-electron chi connectivity index (χ0n) is 17.1. The van der Waals surface area contributed by atoms with Gasteiger partial charge in [0.05, 0.1) is 12.8 Å². The lowest BCUT2D eigenvalue weighted by atomic mass is 10.1. The number of benzene rings is 1. The highest BCUT2D eigenvalue weighted by Gasteiger charge is 2.12. The first-order valence-corrected chi connectivity index (χ1v) is 9.17. The molecule has 28 heavy (non-hydrogen) atoms. The second-order valence-electron chi connectivity index (χ2n) is 6.76. The van der Waals surface area contributed by atoms with Crippen LogP contribution in [-0.2, 0) is 14.3 Å². The average molecular weight is 384 g/mol. The van der Waals surface area contributed by atoms with E-state index in [-0.39, 0.29) is 12.3 Å². The van der Waals surface area contributed by atoms with Gasteiger partial charge in [-0.2, -0.15) is 5.10 Å². The minimum Gasteiger partial charge on any atom is -0.383 e. The number of hydrazone groups is 1. The summed E-state index contributed by atoms with van der Waals surface area (Å²) in [6.07, 6.45) is 1.33. The van der Waals surface area contributed by atoms with E-state index in [1.54, 1.807) is 13.3 Å². The molecule has 7 nitrogen and oxygen atoms in total. The molecule has 2 amide bonds. The zero-order valence-corrected chi connectivity index (χ0v) is 17.1. The number of hydrogen-bond donors (Lipinski definition) is 2. The first-order chi connectivity index (χ1) is 13.3. The number of carbonyl (C=O) groups is 2. The van der Waals surface area contributed by atoms with Crippen LogP contribution in [-0.4, -0.2) is 42.9 Å². The monoisotopic (exact) mass is 384 g/mol. The van der Waals surface area contributed by atoms with Crippen LogP contribution in [0.3, 0.4) is 0 Å². The van der Waals surface area contributed by atoms with Crippen molar-refractivity contribution in [3.8, 4) is 5.69 Å². The van der Waals surface area contributed by atoms with Gasteiger partial charge in [0.15, 0.2) is 0 Å². The molecule has 1 aromatic carbocycles. The lowest BCUT2D eigenvalue weighted by Crippen LogP contribution is -2.31. The maximum absolute atomic E-state index is 11.8. The third-order valence-corrected chi connectivity index (χ3v) is 4.41. The quantitative estimate of drug-likeness (QED) is 0.317. The maximum atomic E-state index is 11.8. The molecule has 0 saturated heterocycles. The number of hydrogen-bond acceptors (Lipinski definition) is 4. The number of amides is 2. The molecular formula is C21H28N4O3. The van der Waals surface area contributed by atoms with Gasteiger partial charge in [-0.25, -0.2) is 5.43 Å². The highest BCUT2D eigenvalue weighted by molar-refractivity contribution is 5.97. The molecule has 1 heterocycles. The molecule has 0 aliphatic rings. The second kappa shape index (κ2) is 9.85. The van der Waals surface area contributed by atoms with Crippen molar-refractivity contribution in [3.05, 3.63) is 52.3 Å². The molecule has 7 heteroatoms. The average Bonchev–Trinajstić information content (AvgIpc) is 2.89. The van der Waals surface area contributed by atoms with E-state index in [0.29, 0.717) is 13.2 Å². The van der Waals surface area contributed by atoms with Crippen LogP contribution in [0.4, 0.5) is 0 Å². The van der Waals surface area contributed by atoms with Gasteiger partial charge in [-0.15, -0.1) is 0 Å². The summed E-state index contributed by atoms with van der Waals surface area (Å²) < 4.78 is 7.01. The normalized spacial score (nSPS) is 11.0. The van der Waals surface area contributed by atoms with E-state index in [9.17, 15) is 9.59 Å². The Balaban J connectivity index is 2.03. The molecule has 0 spiro atoms. The number of methoxy groups -OCH3 is 1. The largest absolute Gasteiger partial charge is 0.383 e. The number of rotatable bonds is 8. The van der Waals surface area contributed by atoms with Gasteiger partial charge in [0.25, 0.3) is 0 Å². The van der Waals surface area contributed by atoms with E-state index >= 15 is 0 Å². The Hall–Kier alpha value is -2.93. The first kappa shape index (κ1) is 21.4. The topological polar surface area (TPSA) is 84.7 Å². The first-order valence-electron chi connectivity index (χ1n) is 9.17. The highest BCUT2D eigenvalue weighted by Crippen LogP contribution is 2.23. The molecule has 0 fully saturated rings. The van der Waals surface area contributed by atoms with Gasteiger partial charge in [0.2, 0.25) is 11.8 Å². The van der Waals surface area contributed by atoms with Crippen LogP contribution in [0.5, 0.6) is 0 Å². The fourth-order valence-electron chi connectivity index (χ4n) is 3.06. The Kier molecular flexibility index (Phi) is 7.52. The molecule has 0 aliphatic carbocycles. The molecular weight excluding hydrogens is 356 g/mol. The third-order valence-electron chi connectivity index (χ3n) is 4.41. The summed E-state index contributed by atoms with van der Waals surface area (Å²) in [5, 5.41) is 6.58. The maximum Gasteiger partial charge on any atom is 0.249 e. The predicted octanol–water partition coefficient (Wildman–Crippen LogP) is 2.31. The van der Waals surface area contributed by atoms with Crippen LogP contribution in [0, 0.1) is 27.7 Å². The van der Waals surface area contributed by atoms with Crippen LogP contribution in [0.25, 0.3) is 5.69 Å². The second-order valence-corrected chi connectivity index (χ2v) is 6.76. The number of nitrogens with zero attached hydrogens (tertiary/aromatic N) is 2. The number of nitrogens with one attached hydrogen (secondary N) is 2. The molecule has 0 atom stereocenters. The Morgan fingerprint density at radius 2 is 1.89 bits per heavy atom. The molecule has 0 unspecified atom stereocenters. The van der Waals surface area contributed by atoms with E-state index in [1.807, 2.05) is 19.9 Å². The molecule has 0 bridgehead atoms. The lowest BCUT2D eigenvalue weighted by Gasteiger charge is -2.13. The summed E-state index contributed by atoms with van der Waals surface area (Å²) in [5.74, 6) is -0.827. The molecule has 2 rings (SSSR count). The van der Waals surface area contributed by atoms with Crippen molar-refractivity contribution in [2.45, 2.75) is 34.1 Å². The van der Waals surface area contributed by atoms with Gasteiger partial charge >= 0.3 is 0 Å². The molecule has 0 saturated carbocycles. The lowest BCUT2D eigenvalue weighted by molar-refractivity contribution is -0.129. The summed E-state index contributed by atoms with van der Waals surface area (Å²) in [4.78, 5) is 23.4. The van der Waals surface area contributed by atoms with Crippen molar-refractivity contribution in [2.24, 2.45) is 5.10 Å². The number of aromatic nitrogens is 1. The van der Waals surface area contributed by atoms with Crippen molar-refractivity contribution < 1.29 is 14.3 Å². The standard InChI is InChI=1S/C21H28N4O3/c1-14-6-7-19(15(2)10-14)25-16(3)11-18(17(25)4)13-23-24-21(27)12-20(26)22-8-9-28-5/h6-7,10-11,13H,8-9,12H2,1-5H3,(H,22,26)(H,24,27)/b23-13+. The molecule has 2 N–H and O–H groups in total. The van der Waals surface area contributed by atoms with Crippen LogP contribution in [0.15, 0.2) is 29.4 Å². The smallest absolute Gasteiger partial charge is 0.249 e. The van der Waals surface area contributed by atoms with Gasteiger partial charge in [0, 0.05) is 36.3 Å². The molecule has 0 radical (unpaired) electrons. The number of aryl methyl sites for hydroxylation is 3. The highest BCUT2D eigenvalue weighted by atomic mass is 16.5. The zero-order chi connectivity index (χ0) is 20.7. The summed E-state index contributed by atoms with van der Waals surface area (Å²) in [6.45, 7) is 8.99. The van der Waals surface area contributed by atoms with Crippen molar-refractivity contribution in [2.75, 3.05) is 20.3 Å². The SMILES string of the molecule is COCCNC(=O)CC(=O)N/N=C/c1cc(C)n(-c2ccc(C)cc2C)c1C. The van der Waals surface area contributed by atoms with Crippen molar-refractivity contribution >= 4 is 18.0 Å². The van der Waals surface area contributed by atoms with E-state index in [0.717, 1.165) is 22.6 Å². The van der Waals surface area contributed by atoms with E-state index in [4.69, 9.17) is 4.74 Å². The number of carbonyl (C=O) groups excluding carboxylic acids is 2. The third kappa shape index (κ3) is 5.53. The molecule has 150 valence electrons. The van der Waals surface area contributed by atoms with E-state index < -0.39 is 5.91 Å². The molecule has 1 aromatic heterocycles. The minimum absolute atomic E-state index is 0.275. The summed E-state index contributed by atoms with van der Waals surface area (Å²) >= 11 is 0. The summed E-state index contributed by atoms with van der Waals surface area (Å²) in [5.41, 5.74) is 8.94. The van der Waals surface area contributed by atoms with Crippen molar-refractivity contribution in [1.82, 2.24) is 15.3 Å². The molecule has 2 aromatic rings. The van der Waals surface area contributed by atoms with E-state index in [1.165, 1.54) is 11.1 Å². The van der Waals surface area contributed by atoms with E-state index in [2.05, 4.69) is 52.5 Å². The van der Waals surface area contributed by atoms with Crippen LogP contribution in [0.2, 0.25) is 0 Å². The Morgan fingerprint density at radius 1 is 1.14 bits per heavy atom. The summed E-state index contributed by atoms with van der Waals surface area (Å²) in [6, 6.07) is 8.37. The van der Waals surface area contributed by atoms with Crippen molar-refractivity contribution in [1.29, 1.82) is 0 Å². The Labute approximate surface area is 165 Å². The van der Waals surface area contributed by atoms with Gasteiger partial charge < -0.3 is 14.6 Å².